The molecule has 1 aliphatic rings. The van der Waals surface area contributed by atoms with Crippen molar-refractivity contribution in [1.82, 2.24) is 4.98 Å². The highest BCUT2D eigenvalue weighted by molar-refractivity contribution is 5.95. The van der Waals surface area contributed by atoms with Gasteiger partial charge in [-0.25, -0.2) is 13.2 Å². The summed E-state index contributed by atoms with van der Waals surface area (Å²) in [5.74, 6) is -0.268. The molecule has 0 amide bonds. The van der Waals surface area contributed by atoms with Crippen molar-refractivity contribution < 1.29 is 17.9 Å². The van der Waals surface area contributed by atoms with Crippen LogP contribution < -0.4 is 15.0 Å². The van der Waals surface area contributed by atoms with E-state index < -0.39 is 23.8 Å². The van der Waals surface area contributed by atoms with E-state index in [4.69, 9.17) is 10.00 Å². The number of benzene rings is 2. The van der Waals surface area contributed by atoms with Gasteiger partial charge in [-0.1, -0.05) is 18.2 Å². The maximum atomic E-state index is 14.6. The molecule has 8 heteroatoms. The summed E-state index contributed by atoms with van der Waals surface area (Å²) in [5, 5.41) is 13.1. The summed E-state index contributed by atoms with van der Waals surface area (Å²) in [6, 6.07) is 11.2. The average molecular weight is 426 g/mol. The van der Waals surface area contributed by atoms with Gasteiger partial charge < -0.3 is 15.0 Å². The van der Waals surface area contributed by atoms with Crippen LogP contribution in [0.25, 0.3) is 10.9 Å². The summed E-state index contributed by atoms with van der Waals surface area (Å²) in [6.07, 6.45) is -1.25. The summed E-state index contributed by atoms with van der Waals surface area (Å²) in [7, 11) is 1.58. The Morgan fingerprint density at radius 1 is 1.23 bits per heavy atom. The largest absolute Gasteiger partial charge is 0.495 e. The number of pyridine rings is 1. The second-order valence-electron chi connectivity index (χ2n) is 7.55. The molecule has 1 atom stereocenters. The van der Waals surface area contributed by atoms with Crippen LogP contribution in [-0.4, -0.2) is 25.2 Å². The van der Waals surface area contributed by atoms with Crippen LogP contribution in [0.3, 0.4) is 0 Å². The van der Waals surface area contributed by atoms with Crippen molar-refractivity contribution in [1.29, 1.82) is 5.26 Å². The van der Waals surface area contributed by atoms with Crippen LogP contribution in [0.4, 0.5) is 24.5 Å². The molecule has 2 heterocycles. The van der Waals surface area contributed by atoms with Gasteiger partial charge >= 0.3 is 0 Å². The third-order valence-corrected chi connectivity index (χ3v) is 5.58. The number of nitriles is 1. The van der Waals surface area contributed by atoms with E-state index in [-0.39, 0.29) is 11.5 Å². The van der Waals surface area contributed by atoms with Gasteiger partial charge in [-0.15, -0.1) is 0 Å². The Hall–Kier alpha value is -3.47. The van der Waals surface area contributed by atoms with Gasteiger partial charge in [0.15, 0.2) is 0 Å². The smallest absolute Gasteiger partial charge is 0.266 e. The molecule has 4 rings (SSSR count). The molecular formula is C23H21F3N4O. The maximum absolute atomic E-state index is 14.6. The molecule has 0 radical (unpaired) electrons. The van der Waals surface area contributed by atoms with Crippen molar-refractivity contribution in [2.24, 2.45) is 5.92 Å². The first-order valence-corrected chi connectivity index (χ1v) is 9.87. The zero-order chi connectivity index (χ0) is 22.1. The molecule has 5 nitrogen and oxygen atoms in total. The highest BCUT2D eigenvalue weighted by Gasteiger charge is 2.29. The molecule has 2 aromatic carbocycles. The fourth-order valence-electron chi connectivity index (χ4n) is 3.84. The molecule has 0 saturated carbocycles. The summed E-state index contributed by atoms with van der Waals surface area (Å²) in [6.45, 7) is 2.95. The average Bonchev–Trinajstić information content (AvgIpc) is 2.72. The number of hydrogen-bond donors (Lipinski definition) is 1. The van der Waals surface area contributed by atoms with Crippen LogP contribution in [0.1, 0.15) is 30.5 Å². The van der Waals surface area contributed by atoms with Gasteiger partial charge in [-0.2, -0.15) is 5.26 Å². The monoisotopic (exact) mass is 426 g/mol. The van der Waals surface area contributed by atoms with E-state index in [2.05, 4.69) is 21.3 Å². The number of ether oxygens (including phenoxy) is 1. The minimum absolute atomic E-state index is 0.0167. The van der Waals surface area contributed by atoms with E-state index in [0.29, 0.717) is 30.0 Å². The highest BCUT2D eigenvalue weighted by Crippen LogP contribution is 2.39. The van der Waals surface area contributed by atoms with E-state index in [0.717, 1.165) is 17.1 Å². The van der Waals surface area contributed by atoms with Crippen LogP contribution >= 0.6 is 0 Å². The van der Waals surface area contributed by atoms with Crippen molar-refractivity contribution in [3.8, 4) is 11.8 Å². The second kappa shape index (κ2) is 8.34. The number of methoxy groups -OCH3 is 1. The van der Waals surface area contributed by atoms with Gasteiger partial charge in [0.1, 0.15) is 11.6 Å². The van der Waals surface area contributed by atoms with Gasteiger partial charge in [-0.05, 0) is 19.1 Å². The van der Waals surface area contributed by atoms with Crippen molar-refractivity contribution >= 4 is 22.3 Å². The van der Waals surface area contributed by atoms with Gasteiger partial charge in [-0.3, -0.25) is 4.98 Å². The molecule has 0 unspecified atom stereocenters. The lowest BCUT2D eigenvalue weighted by molar-refractivity contribution is 0.146. The van der Waals surface area contributed by atoms with Crippen molar-refractivity contribution in [3.05, 3.63) is 59.5 Å². The Morgan fingerprint density at radius 3 is 2.65 bits per heavy atom. The zero-order valence-corrected chi connectivity index (χ0v) is 17.1. The normalized spacial score (nSPS) is 14.9. The van der Waals surface area contributed by atoms with Gasteiger partial charge in [0.25, 0.3) is 6.43 Å². The Labute approximate surface area is 178 Å². The summed E-state index contributed by atoms with van der Waals surface area (Å²) >= 11 is 0. The zero-order valence-electron chi connectivity index (χ0n) is 17.1. The summed E-state index contributed by atoms with van der Waals surface area (Å²) in [4.78, 5) is 6.45. The predicted molar refractivity (Wildman–Crippen MR) is 113 cm³/mol. The van der Waals surface area contributed by atoms with E-state index >= 15 is 0 Å². The summed E-state index contributed by atoms with van der Waals surface area (Å²) in [5.41, 5.74) is 1.77. The van der Waals surface area contributed by atoms with E-state index in [1.54, 1.807) is 26.3 Å². The number of nitrogens with one attached hydrogen (secondary N) is 1. The van der Waals surface area contributed by atoms with Crippen LogP contribution in [0.5, 0.6) is 5.75 Å². The van der Waals surface area contributed by atoms with E-state index in [1.807, 2.05) is 12.1 Å². The van der Waals surface area contributed by atoms with Crippen molar-refractivity contribution in [3.63, 3.8) is 0 Å². The van der Waals surface area contributed by atoms with Gasteiger partial charge in [0.2, 0.25) is 0 Å². The van der Waals surface area contributed by atoms with Crippen LogP contribution in [0.15, 0.2) is 42.6 Å². The lowest BCUT2D eigenvalue weighted by Gasteiger charge is -2.38. The molecule has 0 spiro atoms. The Balaban J connectivity index is 1.70. The number of alkyl halides is 2. The van der Waals surface area contributed by atoms with Crippen molar-refractivity contribution in [2.45, 2.75) is 19.4 Å². The molecule has 1 N–H and O–H groups in total. The number of aromatic nitrogens is 1. The molecule has 1 aliphatic heterocycles. The topological polar surface area (TPSA) is 61.2 Å². The first kappa shape index (κ1) is 20.8. The van der Waals surface area contributed by atoms with Crippen LogP contribution in [0, 0.1) is 23.1 Å². The molecule has 0 bridgehead atoms. The standard InChI is InChI=1S/C23H21F3N4O/c1-13(15-4-3-5-16(22(15)24)23(25)26)29-18-6-7-28-19-9-21(31-2)20(8-17(18)19)30-11-14(10-27)12-30/h3-9,13-14,23H,11-12H2,1-2H3,(H,28,29)/t13-/m1/s1. The van der Waals surface area contributed by atoms with E-state index in [9.17, 15) is 13.2 Å². The van der Waals surface area contributed by atoms with E-state index in [1.165, 1.54) is 12.1 Å². The lowest BCUT2D eigenvalue weighted by atomic mass is 9.99. The molecule has 3 aromatic rings. The van der Waals surface area contributed by atoms with Crippen molar-refractivity contribution in [2.75, 3.05) is 30.4 Å². The number of nitrogens with zero attached hydrogens (tertiary/aromatic N) is 3. The van der Waals surface area contributed by atoms with Crippen LogP contribution in [-0.2, 0) is 0 Å². The van der Waals surface area contributed by atoms with Gasteiger partial charge in [0.05, 0.1) is 41.9 Å². The number of fused-ring (bicyclic) bond motifs is 1. The molecular weight excluding hydrogens is 405 g/mol. The molecule has 31 heavy (non-hydrogen) atoms. The quantitative estimate of drug-likeness (QED) is 0.568. The van der Waals surface area contributed by atoms with Crippen LogP contribution in [0.2, 0.25) is 0 Å². The summed E-state index contributed by atoms with van der Waals surface area (Å²) < 4.78 is 46.3. The fraction of sp³-hybridized carbons (Fsp3) is 0.304. The minimum atomic E-state index is -2.88. The SMILES string of the molecule is COc1cc2nccc(N[C@H](C)c3cccc(C(F)F)c3F)c2cc1N1CC(C#N)C1. The second-order valence-corrected chi connectivity index (χ2v) is 7.55. The number of halogens is 3. The maximum Gasteiger partial charge on any atom is 0.266 e. The molecule has 1 aromatic heterocycles. The fourth-order valence-corrected chi connectivity index (χ4v) is 3.84. The number of rotatable bonds is 6. The Bertz CT molecular complexity index is 1160. The third-order valence-electron chi connectivity index (χ3n) is 5.58. The van der Waals surface area contributed by atoms with Gasteiger partial charge in [0, 0.05) is 42.0 Å². The Morgan fingerprint density at radius 2 is 1.97 bits per heavy atom. The first-order chi connectivity index (χ1) is 14.9. The molecule has 160 valence electrons. The number of hydrogen-bond acceptors (Lipinski definition) is 5. The molecule has 0 aliphatic carbocycles. The molecule has 1 fully saturated rings. The Kier molecular flexibility index (Phi) is 5.59. The predicted octanol–water partition coefficient (Wildman–Crippen LogP) is 5.45. The minimum Gasteiger partial charge on any atom is -0.495 e. The lowest BCUT2D eigenvalue weighted by Crippen LogP contribution is -2.46. The first-order valence-electron chi connectivity index (χ1n) is 9.87. The number of anilines is 2. The molecule has 1 saturated heterocycles. The third kappa shape index (κ3) is 3.83. The highest BCUT2D eigenvalue weighted by atomic mass is 19.3.